The first kappa shape index (κ1) is 37.6. The summed E-state index contributed by atoms with van der Waals surface area (Å²) in [4.78, 5) is 11.7. The van der Waals surface area contributed by atoms with Crippen molar-refractivity contribution in [2.45, 2.75) is 144 Å². The van der Waals surface area contributed by atoms with Crippen molar-refractivity contribution in [1.29, 1.82) is 0 Å². The maximum Gasteiger partial charge on any atom is 0.217 e. The van der Waals surface area contributed by atoms with Crippen LogP contribution in [-0.4, -0.2) is 198 Å². The number of amides is 1. The normalized spacial score (nSPS) is 51.9. The van der Waals surface area contributed by atoms with Gasteiger partial charge >= 0.3 is 0 Å². The van der Waals surface area contributed by atoms with E-state index in [-0.39, 0.29) is 0 Å². The molecule has 46 heavy (non-hydrogen) atoms. The van der Waals surface area contributed by atoms with Gasteiger partial charge < -0.3 is 94.6 Å². The lowest BCUT2D eigenvalue weighted by Gasteiger charge is -2.49. The third-order valence-electron chi connectivity index (χ3n) is 8.53. The van der Waals surface area contributed by atoms with Crippen LogP contribution >= 0.6 is 0 Å². The van der Waals surface area contributed by atoms with Gasteiger partial charge in [-0.1, -0.05) is 0 Å². The van der Waals surface area contributed by atoms with Gasteiger partial charge in [0.2, 0.25) is 5.91 Å². The van der Waals surface area contributed by atoms with Crippen LogP contribution in [0.25, 0.3) is 0 Å². The van der Waals surface area contributed by atoms with E-state index in [1.54, 1.807) is 0 Å². The molecule has 0 aromatic carbocycles. The molecule has 12 N–H and O–H groups in total. The van der Waals surface area contributed by atoms with Gasteiger partial charge in [0.25, 0.3) is 0 Å². The Morgan fingerprint density at radius 2 is 1.11 bits per heavy atom. The number of aliphatic hydroxyl groups is 11. The highest BCUT2D eigenvalue weighted by Crippen LogP contribution is 2.34. The number of aliphatic hydroxyl groups excluding tert-OH is 11. The maximum atomic E-state index is 11.7. The largest absolute Gasteiger partial charge is 0.394 e. The molecule has 0 unspecified atom stereocenters. The van der Waals surface area contributed by atoms with Crippen LogP contribution in [0, 0.1) is 0 Å². The summed E-state index contributed by atoms with van der Waals surface area (Å²) in [5.74, 6) is -0.648. The van der Waals surface area contributed by atoms with E-state index in [2.05, 4.69) is 5.32 Å². The fraction of sp³-hybridized carbons (Fsp3) is 0.962. The molecule has 268 valence electrons. The van der Waals surface area contributed by atoms with E-state index in [9.17, 15) is 61.0 Å². The van der Waals surface area contributed by atoms with E-state index in [0.717, 1.165) is 6.92 Å². The predicted octanol–water partition coefficient (Wildman–Crippen LogP) is -7.55. The Bertz CT molecular complexity index is 997. The SMILES string of the molecule is CC(=O)N[C@@H]1[C@@H](O)[C@H](O[C@@H]2O[C@H](CO)[C@H](O)[C@H](O)[C@H]2O[C@H]2O[C@H](C)[C@H](O)[C@H](O[C@H]3O[C@H](C)[C@H](O)[C@H](O)[C@H]3O)[C@H]2O)[C@@H](CO)O[C@H]1O. The predicted molar refractivity (Wildman–Crippen MR) is 143 cm³/mol. The topological polar surface area (TPSA) is 316 Å². The van der Waals surface area contributed by atoms with Crippen LogP contribution in [-0.2, 0) is 38.0 Å². The lowest BCUT2D eigenvalue weighted by molar-refractivity contribution is -0.392. The highest BCUT2D eigenvalue weighted by atomic mass is 16.8. The van der Waals surface area contributed by atoms with Crippen molar-refractivity contribution in [3.63, 3.8) is 0 Å². The summed E-state index contributed by atoms with van der Waals surface area (Å²) < 4.78 is 39.2. The van der Waals surface area contributed by atoms with Crippen LogP contribution in [0.1, 0.15) is 20.8 Å². The van der Waals surface area contributed by atoms with Crippen molar-refractivity contribution in [3.05, 3.63) is 0 Å². The molecule has 0 spiro atoms. The Kier molecular flexibility index (Phi) is 12.7. The van der Waals surface area contributed by atoms with Crippen molar-refractivity contribution in [2.24, 2.45) is 0 Å². The summed E-state index contributed by atoms with van der Waals surface area (Å²) >= 11 is 0. The minimum absolute atomic E-state index is 0.648. The lowest BCUT2D eigenvalue weighted by atomic mass is 9.95. The molecule has 0 aliphatic carbocycles. The van der Waals surface area contributed by atoms with Crippen molar-refractivity contribution in [1.82, 2.24) is 5.32 Å². The number of nitrogens with one attached hydrogen (secondary N) is 1. The fourth-order valence-electron chi connectivity index (χ4n) is 5.81. The van der Waals surface area contributed by atoms with Crippen molar-refractivity contribution < 1.29 is 94.1 Å². The number of hydrogen-bond acceptors (Lipinski definition) is 19. The van der Waals surface area contributed by atoms with Crippen LogP contribution in [0.15, 0.2) is 0 Å². The molecule has 4 rings (SSSR count). The standard InChI is InChI=1S/C26H45NO19/c1-6-12(31)16(35)18(37)24(40-6)45-21-13(32)7(2)41-25(19(21)38)46-22-17(36)14(33)9(4-28)43-26(22)44-20-10(5-29)42-23(39)11(15(20)34)27-8(3)30/h6-7,9-26,28-29,31-39H,4-5H2,1-3H3,(H,27,30)/t6-,7-,9-,10-,11-,12+,13+,14+,15-,16+,17+,18-,19-,20-,21+,22-,23-,24-,25-,26+/m1/s1. The van der Waals surface area contributed by atoms with Gasteiger partial charge in [0.15, 0.2) is 25.2 Å². The molecule has 20 nitrogen and oxygen atoms in total. The van der Waals surface area contributed by atoms with E-state index in [1.165, 1.54) is 13.8 Å². The second-order valence-corrected chi connectivity index (χ2v) is 11.8. The molecule has 0 aromatic heterocycles. The number of carbonyl (C=O) groups excluding carboxylic acids is 1. The first-order chi connectivity index (χ1) is 21.6. The summed E-state index contributed by atoms with van der Waals surface area (Å²) in [5.41, 5.74) is 0. The number of carbonyl (C=O) groups is 1. The molecular weight excluding hydrogens is 630 g/mol. The Labute approximate surface area is 262 Å². The Balaban J connectivity index is 1.56. The third-order valence-corrected chi connectivity index (χ3v) is 8.53. The zero-order valence-corrected chi connectivity index (χ0v) is 25.1. The van der Waals surface area contributed by atoms with E-state index < -0.39 is 142 Å². The fourth-order valence-corrected chi connectivity index (χ4v) is 5.81. The van der Waals surface area contributed by atoms with Gasteiger partial charge in [-0.25, -0.2) is 0 Å². The zero-order chi connectivity index (χ0) is 34.2. The van der Waals surface area contributed by atoms with Crippen LogP contribution in [0.4, 0.5) is 0 Å². The monoisotopic (exact) mass is 675 g/mol. The Morgan fingerprint density at radius 3 is 1.70 bits per heavy atom. The maximum absolute atomic E-state index is 11.7. The molecule has 0 saturated carbocycles. The van der Waals surface area contributed by atoms with Gasteiger partial charge in [-0.2, -0.15) is 0 Å². The van der Waals surface area contributed by atoms with Crippen molar-refractivity contribution in [3.8, 4) is 0 Å². The smallest absolute Gasteiger partial charge is 0.217 e. The Hall–Kier alpha value is -1.25. The molecule has 20 atom stereocenters. The first-order valence-corrected chi connectivity index (χ1v) is 14.8. The highest BCUT2D eigenvalue weighted by Gasteiger charge is 2.55. The van der Waals surface area contributed by atoms with Gasteiger partial charge in [0, 0.05) is 6.92 Å². The molecule has 4 saturated heterocycles. The van der Waals surface area contributed by atoms with Gasteiger partial charge in [0.1, 0.15) is 85.4 Å². The molecule has 20 heteroatoms. The molecule has 0 radical (unpaired) electrons. The number of rotatable bonds is 9. The average molecular weight is 676 g/mol. The summed E-state index contributed by atoms with van der Waals surface area (Å²) in [6.45, 7) is 2.25. The average Bonchev–Trinajstić information content (AvgIpc) is 3.01. The highest BCUT2D eigenvalue weighted by molar-refractivity contribution is 5.73. The second kappa shape index (κ2) is 15.5. The number of hydrogen-bond donors (Lipinski definition) is 12. The molecule has 4 fully saturated rings. The molecule has 1 amide bonds. The first-order valence-electron chi connectivity index (χ1n) is 14.8. The zero-order valence-electron chi connectivity index (χ0n) is 25.1. The van der Waals surface area contributed by atoms with Crippen molar-refractivity contribution in [2.75, 3.05) is 13.2 Å². The van der Waals surface area contributed by atoms with Crippen molar-refractivity contribution >= 4 is 5.91 Å². The number of ether oxygens (including phenoxy) is 7. The summed E-state index contributed by atoms with van der Waals surface area (Å²) in [7, 11) is 0. The summed E-state index contributed by atoms with van der Waals surface area (Å²) in [6.07, 6.45) is -30.8. The minimum atomic E-state index is -1.92. The minimum Gasteiger partial charge on any atom is -0.394 e. The molecule has 4 aliphatic rings. The second-order valence-electron chi connectivity index (χ2n) is 11.8. The molecular formula is C26H45NO19. The van der Waals surface area contributed by atoms with Gasteiger partial charge in [0.05, 0.1) is 25.4 Å². The third kappa shape index (κ3) is 7.64. The van der Waals surface area contributed by atoms with Gasteiger partial charge in [-0.3, -0.25) is 4.79 Å². The van der Waals surface area contributed by atoms with Crippen LogP contribution < -0.4 is 5.32 Å². The van der Waals surface area contributed by atoms with Gasteiger partial charge in [-0.05, 0) is 13.8 Å². The van der Waals surface area contributed by atoms with E-state index >= 15 is 0 Å². The van der Waals surface area contributed by atoms with E-state index in [1.807, 2.05) is 0 Å². The van der Waals surface area contributed by atoms with Crippen LogP contribution in [0.5, 0.6) is 0 Å². The van der Waals surface area contributed by atoms with Crippen LogP contribution in [0.3, 0.4) is 0 Å². The molecule has 4 heterocycles. The Morgan fingerprint density at radius 1 is 0.565 bits per heavy atom. The summed E-state index contributed by atoms with van der Waals surface area (Å²) in [5, 5.41) is 117. The van der Waals surface area contributed by atoms with E-state index in [0.29, 0.717) is 0 Å². The molecule has 4 aliphatic heterocycles. The summed E-state index contributed by atoms with van der Waals surface area (Å²) in [6, 6.07) is -1.44. The molecule has 0 aromatic rings. The van der Waals surface area contributed by atoms with E-state index in [4.69, 9.17) is 33.2 Å². The molecule has 0 bridgehead atoms. The van der Waals surface area contributed by atoms with Gasteiger partial charge in [-0.15, -0.1) is 0 Å². The van der Waals surface area contributed by atoms with Crippen LogP contribution in [0.2, 0.25) is 0 Å². The quantitative estimate of drug-likeness (QED) is 0.108. The lowest BCUT2D eigenvalue weighted by Crippen LogP contribution is -2.68.